The molecule has 0 atom stereocenters. The minimum atomic E-state index is 0.144. The Kier molecular flexibility index (Phi) is 5.75. The van der Waals surface area contributed by atoms with Crippen LogP contribution in [-0.4, -0.2) is 77.7 Å². The molecule has 2 rings (SSSR count). The van der Waals surface area contributed by atoms with Gasteiger partial charge in [-0.15, -0.1) is 0 Å². The molecule has 0 spiro atoms. The van der Waals surface area contributed by atoms with Gasteiger partial charge in [0.25, 0.3) is 0 Å². The topological polar surface area (TPSA) is 66.4 Å². The second-order valence-electron chi connectivity index (χ2n) is 4.72. The molecule has 8 heteroatoms. The van der Waals surface area contributed by atoms with Crippen LogP contribution in [0.5, 0.6) is 6.01 Å². The van der Waals surface area contributed by atoms with E-state index in [1.54, 1.807) is 0 Å². The third-order valence-corrected chi connectivity index (χ3v) is 3.34. The Morgan fingerprint density at radius 1 is 1.20 bits per heavy atom. The molecule has 1 saturated heterocycles. The molecule has 112 valence electrons. The molecule has 0 unspecified atom stereocenters. The summed E-state index contributed by atoms with van der Waals surface area (Å²) in [5, 5.41) is 3.30. The van der Waals surface area contributed by atoms with Gasteiger partial charge in [0.05, 0.1) is 6.61 Å². The van der Waals surface area contributed by atoms with E-state index in [0.717, 1.165) is 39.3 Å². The van der Waals surface area contributed by atoms with Crippen LogP contribution in [-0.2, 0) is 0 Å². The fraction of sp³-hybridized carbons (Fsp3) is 0.750. The van der Waals surface area contributed by atoms with Gasteiger partial charge in [0.2, 0.25) is 11.2 Å². The van der Waals surface area contributed by atoms with Gasteiger partial charge >= 0.3 is 6.01 Å². The van der Waals surface area contributed by atoms with E-state index in [1.165, 1.54) is 0 Å². The van der Waals surface area contributed by atoms with Gasteiger partial charge in [-0.3, -0.25) is 4.90 Å². The van der Waals surface area contributed by atoms with Crippen LogP contribution >= 0.6 is 11.6 Å². The molecule has 1 fully saturated rings. The molecular formula is C12H21ClN6O. The first-order valence-corrected chi connectivity index (χ1v) is 7.24. The van der Waals surface area contributed by atoms with Crippen LogP contribution in [0.3, 0.4) is 0 Å². The average Bonchev–Trinajstić information content (AvgIpc) is 2.41. The van der Waals surface area contributed by atoms with Crippen molar-refractivity contribution in [1.29, 1.82) is 0 Å². The number of ether oxygens (including phenoxy) is 1. The van der Waals surface area contributed by atoms with Crippen LogP contribution in [0.4, 0.5) is 5.95 Å². The Morgan fingerprint density at radius 3 is 2.65 bits per heavy atom. The maximum Gasteiger partial charge on any atom is 0.322 e. The van der Waals surface area contributed by atoms with E-state index in [9.17, 15) is 0 Å². The van der Waals surface area contributed by atoms with Crippen molar-refractivity contribution in [3.63, 3.8) is 0 Å². The highest BCUT2D eigenvalue weighted by Gasteiger charge is 2.13. The fourth-order valence-corrected chi connectivity index (χ4v) is 2.15. The van der Waals surface area contributed by atoms with Gasteiger partial charge in [-0.05, 0) is 25.6 Å². The summed E-state index contributed by atoms with van der Waals surface area (Å²) in [6, 6.07) is 0.259. The smallest absolute Gasteiger partial charge is 0.322 e. The van der Waals surface area contributed by atoms with Crippen molar-refractivity contribution in [1.82, 2.24) is 24.8 Å². The van der Waals surface area contributed by atoms with Crippen LogP contribution in [0.1, 0.15) is 6.92 Å². The summed E-state index contributed by atoms with van der Waals surface area (Å²) in [6.07, 6.45) is 0. The van der Waals surface area contributed by atoms with Gasteiger partial charge in [-0.1, -0.05) is 0 Å². The number of nitrogens with zero attached hydrogens (tertiary/aromatic N) is 5. The summed E-state index contributed by atoms with van der Waals surface area (Å²) in [5.74, 6) is 0.461. The average molecular weight is 301 g/mol. The standard InChI is InChI=1S/C12H21ClN6O/c1-3-20-12-16-10(13)15-11(17-12)14-4-5-19-8-6-18(2)7-9-19/h3-9H2,1-2H3,(H,14,15,16,17). The van der Waals surface area contributed by atoms with Crippen LogP contribution in [0.15, 0.2) is 0 Å². The summed E-state index contributed by atoms with van der Waals surface area (Å²) in [7, 11) is 2.15. The number of nitrogens with one attached hydrogen (secondary N) is 1. The van der Waals surface area contributed by atoms with Crippen molar-refractivity contribution in [2.45, 2.75) is 6.92 Å². The number of halogens is 1. The zero-order valence-corrected chi connectivity index (χ0v) is 12.7. The third kappa shape index (κ3) is 4.73. The largest absolute Gasteiger partial charge is 0.464 e. The van der Waals surface area contributed by atoms with Crippen molar-refractivity contribution in [2.24, 2.45) is 0 Å². The number of piperazine rings is 1. The highest BCUT2D eigenvalue weighted by Crippen LogP contribution is 2.11. The van der Waals surface area contributed by atoms with Crippen molar-refractivity contribution in [2.75, 3.05) is 58.2 Å². The van der Waals surface area contributed by atoms with Gasteiger partial charge in [-0.25, -0.2) is 0 Å². The molecule has 0 aromatic carbocycles. The summed E-state index contributed by atoms with van der Waals surface area (Å²) < 4.78 is 5.23. The first-order chi connectivity index (χ1) is 9.67. The summed E-state index contributed by atoms with van der Waals surface area (Å²) >= 11 is 5.83. The van der Waals surface area contributed by atoms with Crippen LogP contribution in [0.2, 0.25) is 5.28 Å². The predicted molar refractivity (Wildman–Crippen MR) is 78.4 cm³/mol. The maximum atomic E-state index is 5.83. The molecule has 2 heterocycles. The van der Waals surface area contributed by atoms with E-state index in [0.29, 0.717) is 12.6 Å². The summed E-state index contributed by atoms with van der Waals surface area (Å²) in [5.41, 5.74) is 0. The lowest BCUT2D eigenvalue weighted by molar-refractivity contribution is 0.158. The van der Waals surface area contributed by atoms with Crippen molar-refractivity contribution in [3.8, 4) is 6.01 Å². The number of anilines is 1. The first kappa shape index (κ1) is 15.2. The van der Waals surface area contributed by atoms with Crippen LogP contribution in [0.25, 0.3) is 0 Å². The SMILES string of the molecule is CCOc1nc(Cl)nc(NCCN2CCN(C)CC2)n1. The second-order valence-corrected chi connectivity index (χ2v) is 5.05. The first-order valence-electron chi connectivity index (χ1n) is 6.86. The Labute approximate surface area is 124 Å². The fourth-order valence-electron chi connectivity index (χ4n) is 2.00. The molecule has 7 nitrogen and oxygen atoms in total. The molecule has 1 aliphatic rings. The minimum absolute atomic E-state index is 0.144. The van der Waals surface area contributed by atoms with Crippen LogP contribution < -0.4 is 10.1 Å². The molecule has 0 bridgehead atoms. The molecule has 0 saturated carbocycles. The summed E-state index contributed by atoms with van der Waals surface area (Å²) in [6.45, 7) is 8.54. The number of likely N-dealkylation sites (N-methyl/N-ethyl adjacent to an activating group) is 1. The number of rotatable bonds is 6. The Balaban J connectivity index is 1.78. The second kappa shape index (κ2) is 7.56. The number of aromatic nitrogens is 3. The molecule has 1 aliphatic heterocycles. The van der Waals surface area contributed by atoms with Gasteiger partial charge in [0.15, 0.2) is 0 Å². The monoisotopic (exact) mass is 300 g/mol. The van der Waals surface area contributed by atoms with Gasteiger partial charge in [0.1, 0.15) is 0 Å². The molecule has 20 heavy (non-hydrogen) atoms. The maximum absolute atomic E-state index is 5.83. The van der Waals surface area contributed by atoms with Gasteiger partial charge < -0.3 is 15.0 Å². The molecular weight excluding hydrogens is 280 g/mol. The molecule has 1 aromatic heterocycles. The minimum Gasteiger partial charge on any atom is -0.464 e. The van der Waals surface area contributed by atoms with E-state index < -0.39 is 0 Å². The van der Waals surface area contributed by atoms with Gasteiger partial charge in [-0.2, -0.15) is 15.0 Å². The summed E-state index contributed by atoms with van der Waals surface area (Å²) in [4.78, 5) is 16.8. The number of hydrogen-bond acceptors (Lipinski definition) is 7. The quantitative estimate of drug-likeness (QED) is 0.824. The molecule has 1 N–H and O–H groups in total. The van der Waals surface area contributed by atoms with E-state index in [2.05, 4.69) is 37.1 Å². The zero-order chi connectivity index (χ0) is 14.4. The van der Waals surface area contributed by atoms with E-state index in [-0.39, 0.29) is 11.3 Å². The Bertz CT molecular complexity index is 424. The lowest BCUT2D eigenvalue weighted by Crippen LogP contribution is -2.45. The molecule has 0 aliphatic carbocycles. The van der Waals surface area contributed by atoms with Crippen LogP contribution in [0, 0.1) is 0 Å². The Hall–Kier alpha value is -1.18. The van der Waals surface area contributed by atoms with E-state index in [4.69, 9.17) is 16.3 Å². The molecule has 0 radical (unpaired) electrons. The lowest BCUT2D eigenvalue weighted by Gasteiger charge is -2.32. The van der Waals surface area contributed by atoms with E-state index in [1.807, 2.05) is 6.92 Å². The zero-order valence-electron chi connectivity index (χ0n) is 12.0. The number of hydrogen-bond donors (Lipinski definition) is 1. The Morgan fingerprint density at radius 2 is 1.95 bits per heavy atom. The predicted octanol–water partition coefficient (Wildman–Crippen LogP) is 0.583. The third-order valence-electron chi connectivity index (χ3n) is 3.17. The van der Waals surface area contributed by atoms with E-state index >= 15 is 0 Å². The normalized spacial score (nSPS) is 17.1. The van der Waals surface area contributed by atoms with Gasteiger partial charge in [0, 0.05) is 39.3 Å². The van der Waals surface area contributed by atoms with Crippen molar-refractivity contribution in [3.05, 3.63) is 5.28 Å². The van der Waals surface area contributed by atoms with Crippen molar-refractivity contribution >= 4 is 17.5 Å². The highest BCUT2D eigenvalue weighted by atomic mass is 35.5. The highest BCUT2D eigenvalue weighted by molar-refractivity contribution is 6.28. The molecule has 1 aromatic rings. The lowest BCUT2D eigenvalue weighted by atomic mass is 10.3. The van der Waals surface area contributed by atoms with Crippen molar-refractivity contribution < 1.29 is 4.74 Å². The molecule has 0 amide bonds.